The van der Waals surface area contributed by atoms with Gasteiger partial charge in [-0.05, 0) is 47.2 Å². The number of nitrogens with one attached hydrogen (secondary N) is 1. The maximum absolute atomic E-state index is 13.9. The van der Waals surface area contributed by atoms with E-state index in [9.17, 15) is 13.2 Å². The lowest BCUT2D eigenvalue weighted by molar-refractivity contribution is -0.134. The number of nitrogens with zero attached hydrogens (tertiary/aromatic N) is 2. The van der Waals surface area contributed by atoms with Crippen molar-refractivity contribution in [2.45, 2.75) is 68.2 Å². The van der Waals surface area contributed by atoms with E-state index in [0.717, 1.165) is 18.4 Å². The van der Waals surface area contributed by atoms with Crippen molar-refractivity contribution >= 4 is 21.6 Å². The van der Waals surface area contributed by atoms with Crippen molar-refractivity contribution in [2.24, 2.45) is 5.73 Å². The number of carboxylic acid groups (broad SMARTS) is 1. The molecule has 0 amide bonds. The molecule has 0 spiro atoms. The van der Waals surface area contributed by atoms with Crippen molar-refractivity contribution < 1.29 is 18.3 Å². The summed E-state index contributed by atoms with van der Waals surface area (Å²) in [6.07, 6.45) is 5.93. The van der Waals surface area contributed by atoms with Crippen LogP contribution < -0.4 is 11.1 Å². The van der Waals surface area contributed by atoms with Gasteiger partial charge < -0.3 is 16.2 Å². The fraction of sp³-hybridized carbons (Fsp3) is 0.393. The van der Waals surface area contributed by atoms with Crippen molar-refractivity contribution in [2.75, 3.05) is 11.9 Å². The number of anilines is 1. The maximum atomic E-state index is 13.9. The Morgan fingerprint density at radius 3 is 2.38 bits per heavy atom. The van der Waals surface area contributed by atoms with E-state index in [1.807, 2.05) is 24.3 Å². The Hall–Kier alpha value is -3.30. The molecule has 37 heavy (non-hydrogen) atoms. The minimum atomic E-state index is -4.19. The standard InChI is InChI=1S/C28H36N4O4S/c1-4-5-7-17-27(2,3)22-15-13-21(14-16-22)19-28(29,37(35,36)25-12-6-8-18-30-25)23-10-9-11-24(32-23)31-20-26(33)34/h6,8-16,18H,4-5,7,17,19-20,29H2,1-3H3,(H,31,32)(H,33,34). The van der Waals surface area contributed by atoms with E-state index in [1.165, 1.54) is 36.7 Å². The fourth-order valence-electron chi connectivity index (χ4n) is 4.29. The molecule has 2 heterocycles. The topological polar surface area (TPSA) is 135 Å². The van der Waals surface area contributed by atoms with Crippen LogP contribution in [0.3, 0.4) is 0 Å². The number of carbonyl (C=O) groups is 1. The predicted octanol–water partition coefficient (Wildman–Crippen LogP) is 4.66. The summed E-state index contributed by atoms with van der Waals surface area (Å²) in [7, 11) is -4.19. The van der Waals surface area contributed by atoms with Gasteiger partial charge in [0, 0.05) is 12.6 Å². The fourth-order valence-corrected chi connectivity index (χ4v) is 5.87. The van der Waals surface area contributed by atoms with E-state index < -0.39 is 20.7 Å². The van der Waals surface area contributed by atoms with E-state index >= 15 is 0 Å². The monoisotopic (exact) mass is 524 g/mol. The highest BCUT2D eigenvalue weighted by Gasteiger charge is 2.45. The third-order valence-electron chi connectivity index (χ3n) is 6.60. The van der Waals surface area contributed by atoms with Crippen LogP contribution in [0.4, 0.5) is 5.82 Å². The second kappa shape index (κ2) is 11.8. The molecular formula is C28H36N4O4S. The highest BCUT2D eigenvalue weighted by Crippen LogP contribution is 2.35. The van der Waals surface area contributed by atoms with Gasteiger partial charge in [-0.3, -0.25) is 4.79 Å². The Morgan fingerprint density at radius 1 is 1.03 bits per heavy atom. The lowest BCUT2D eigenvalue weighted by Crippen LogP contribution is -2.47. The molecule has 0 fully saturated rings. The first-order chi connectivity index (χ1) is 17.5. The van der Waals surface area contributed by atoms with Crippen LogP contribution in [0.2, 0.25) is 0 Å². The molecule has 2 aromatic heterocycles. The van der Waals surface area contributed by atoms with Gasteiger partial charge >= 0.3 is 5.97 Å². The zero-order valence-corrected chi connectivity index (χ0v) is 22.5. The molecule has 1 unspecified atom stereocenters. The Kier molecular flexibility index (Phi) is 9.04. The summed E-state index contributed by atoms with van der Waals surface area (Å²) >= 11 is 0. The molecule has 4 N–H and O–H groups in total. The minimum Gasteiger partial charge on any atom is -0.480 e. The van der Waals surface area contributed by atoms with Crippen LogP contribution in [0.15, 0.2) is 71.9 Å². The Labute approximate surface area is 219 Å². The van der Waals surface area contributed by atoms with Crippen LogP contribution in [0.1, 0.15) is 63.3 Å². The number of benzene rings is 1. The summed E-state index contributed by atoms with van der Waals surface area (Å²) < 4.78 is 27.7. The maximum Gasteiger partial charge on any atom is 0.322 e. The highest BCUT2D eigenvalue weighted by molar-refractivity contribution is 7.92. The number of aliphatic carboxylic acids is 1. The van der Waals surface area contributed by atoms with Crippen LogP contribution in [0, 0.1) is 0 Å². The van der Waals surface area contributed by atoms with Crippen LogP contribution >= 0.6 is 0 Å². The summed E-state index contributed by atoms with van der Waals surface area (Å²) in [6.45, 7) is 6.26. The van der Waals surface area contributed by atoms with Gasteiger partial charge in [-0.15, -0.1) is 0 Å². The van der Waals surface area contributed by atoms with Crippen molar-refractivity contribution in [1.82, 2.24) is 9.97 Å². The van der Waals surface area contributed by atoms with Crippen molar-refractivity contribution in [3.8, 4) is 0 Å². The molecule has 3 rings (SSSR count). The number of hydrogen-bond donors (Lipinski definition) is 3. The van der Waals surface area contributed by atoms with E-state index in [0.29, 0.717) is 0 Å². The van der Waals surface area contributed by atoms with Gasteiger partial charge in [0.15, 0.2) is 9.90 Å². The molecule has 1 atom stereocenters. The molecule has 0 aliphatic heterocycles. The minimum absolute atomic E-state index is 0.000759. The van der Waals surface area contributed by atoms with Crippen LogP contribution in [0.25, 0.3) is 0 Å². The number of rotatable bonds is 13. The summed E-state index contributed by atoms with van der Waals surface area (Å²) in [6, 6.07) is 17.2. The lowest BCUT2D eigenvalue weighted by Gasteiger charge is -2.30. The first-order valence-corrected chi connectivity index (χ1v) is 13.9. The molecule has 0 bridgehead atoms. The molecular weight excluding hydrogens is 488 g/mol. The third kappa shape index (κ3) is 6.72. The molecule has 3 aromatic rings. The van der Waals surface area contributed by atoms with E-state index in [-0.39, 0.29) is 34.9 Å². The second-order valence-corrected chi connectivity index (χ2v) is 12.1. The van der Waals surface area contributed by atoms with Gasteiger partial charge in [0.25, 0.3) is 0 Å². The van der Waals surface area contributed by atoms with Gasteiger partial charge in [-0.2, -0.15) is 0 Å². The van der Waals surface area contributed by atoms with E-state index in [4.69, 9.17) is 10.8 Å². The van der Waals surface area contributed by atoms with Crippen molar-refractivity contribution in [3.05, 3.63) is 83.7 Å². The van der Waals surface area contributed by atoms with Crippen LogP contribution in [-0.2, 0) is 31.3 Å². The number of nitrogens with two attached hydrogens (primary N) is 1. The smallest absolute Gasteiger partial charge is 0.322 e. The zero-order chi connectivity index (χ0) is 27.1. The first kappa shape index (κ1) is 28.3. The molecule has 0 aliphatic rings. The van der Waals surface area contributed by atoms with Gasteiger partial charge in [-0.25, -0.2) is 18.4 Å². The largest absolute Gasteiger partial charge is 0.480 e. The molecule has 198 valence electrons. The molecule has 0 saturated heterocycles. The molecule has 0 aliphatic carbocycles. The molecule has 0 radical (unpaired) electrons. The number of carboxylic acids is 1. The molecule has 0 saturated carbocycles. The Morgan fingerprint density at radius 2 is 1.76 bits per heavy atom. The number of unbranched alkanes of at least 4 members (excludes halogenated alkanes) is 2. The van der Waals surface area contributed by atoms with E-state index in [1.54, 1.807) is 24.3 Å². The lowest BCUT2D eigenvalue weighted by atomic mass is 9.79. The predicted molar refractivity (Wildman–Crippen MR) is 145 cm³/mol. The number of pyridine rings is 2. The quantitative estimate of drug-likeness (QED) is 0.275. The summed E-state index contributed by atoms with van der Waals surface area (Å²) in [5.41, 5.74) is 8.77. The van der Waals surface area contributed by atoms with Gasteiger partial charge in [0.05, 0.1) is 5.69 Å². The first-order valence-electron chi connectivity index (χ1n) is 12.5. The summed E-state index contributed by atoms with van der Waals surface area (Å²) in [5.74, 6) is -0.847. The highest BCUT2D eigenvalue weighted by atomic mass is 32.2. The van der Waals surface area contributed by atoms with Gasteiger partial charge in [-0.1, -0.05) is 76.4 Å². The van der Waals surface area contributed by atoms with E-state index in [2.05, 4.69) is 36.1 Å². The molecule has 9 heteroatoms. The number of hydrogen-bond acceptors (Lipinski definition) is 7. The number of sulfone groups is 1. The summed E-state index contributed by atoms with van der Waals surface area (Å²) in [5, 5.41) is 11.5. The van der Waals surface area contributed by atoms with Gasteiger partial charge in [0.2, 0.25) is 9.84 Å². The van der Waals surface area contributed by atoms with Crippen molar-refractivity contribution in [1.29, 1.82) is 0 Å². The van der Waals surface area contributed by atoms with Crippen LogP contribution in [0.5, 0.6) is 0 Å². The van der Waals surface area contributed by atoms with Crippen LogP contribution in [-0.4, -0.2) is 36.0 Å². The summed E-state index contributed by atoms with van der Waals surface area (Å²) in [4.78, 5) is 17.5. The molecule has 8 nitrogen and oxygen atoms in total. The van der Waals surface area contributed by atoms with Crippen molar-refractivity contribution in [3.63, 3.8) is 0 Å². The molecule has 1 aromatic carbocycles. The number of aromatic nitrogens is 2. The van der Waals surface area contributed by atoms with Gasteiger partial charge in [0.1, 0.15) is 12.4 Å². The average Bonchev–Trinajstić information content (AvgIpc) is 2.88. The second-order valence-electron chi connectivity index (χ2n) is 9.93. The normalized spacial score (nSPS) is 13.6. The Balaban J connectivity index is 2.00. The average molecular weight is 525 g/mol. The zero-order valence-electron chi connectivity index (χ0n) is 21.6. The SMILES string of the molecule is CCCCCC(C)(C)c1ccc(CC(N)(c2cccc(NCC(=O)O)n2)S(=O)(=O)c2ccccn2)cc1. The third-order valence-corrected chi connectivity index (χ3v) is 8.71. The Bertz CT molecular complexity index is 1300.